The predicted octanol–water partition coefficient (Wildman–Crippen LogP) is 0.766. The Kier molecular flexibility index (Phi) is 2.82. The van der Waals surface area contributed by atoms with Gasteiger partial charge in [-0.25, -0.2) is 0 Å². The number of hydrogen-bond donors (Lipinski definition) is 2. The molecular weight excluding hydrogens is 152 g/mol. The van der Waals surface area contributed by atoms with Gasteiger partial charge in [0.25, 0.3) is 0 Å². The van der Waals surface area contributed by atoms with Crippen molar-refractivity contribution >= 4 is 11.6 Å². The summed E-state index contributed by atoms with van der Waals surface area (Å²) in [6, 6.07) is 7.23. The van der Waals surface area contributed by atoms with Gasteiger partial charge in [-0.3, -0.25) is 4.79 Å². The number of anilines is 1. The predicted molar refractivity (Wildman–Crippen MR) is 48.6 cm³/mol. The summed E-state index contributed by atoms with van der Waals surface area (Å²) in [5, 5.41) is 2.63. The molecule has 1 radical (unpaired) electrons. The second-order valence-corrected chi connectivity index (χ2v) is 2.45. The fourth-order valence-corrected chi connectivity index (χ4v) is 0.800. The normalized spacial score (nSPS) is 9.50. The number of hydrogen-bond acceptors (Lipinski definition) is 2. The molecule has 0 saturated heterocycles. The average molecular weight is 163 g/mol. The van der Waals surface area contributed by atoms with Crippen molar-refractivity contribution in [3.63, 3.8) is 0 Å². The lowest BCUT2D eigenvalue weighted by Crippen LogP contribution is -2.21. The molecule has 0 fully saturated rings. The summed E-state index contributed by atoms with van der Waals surface area (Å²) < 4.78 is 0. The highest BCUT2D eigenvalue weighted by Gasteiger charge is 1.96. The van der Waals surface area contributed by atoms with Crippen molar-refractivity contribution in [3.8, 4) is 0 Å². The maximum Gasteiger partial charge on any atom is 0.238 e. The smallest absolute Gasteiger partial charge is 0.238 e. The van der Waals surface area contributed by atoms with E-state index in [9.17, 15) is 4.79 Å². The Balaban J connectivity index is 2.64. The van der Waals surface area contributed by atoms with Crippen molar-refractivity contribution in [3.05, 3.63) is 36.8 Å². The zero-order chi connectivity index (χ0) is 8.97. The van der Waals surface area contributed by atoms with Crippen molar-refractivity contribution in [1.29, 1.82) is 0 Å². The van der Waals surface area contributed by atoms with Crippen molar-refractivity contribution in [2.24, 2.45) is 5.73 Å². The Hall–Kier alpha value is -1.35. The minimum atomic E-state index is -0.188. The van der Waals surface area contributed by atoms with Gasteiger partial charge in [0.1, 0.15) is 0 Å². The third-order valence-corrected chi connectivity index (χ3v) is 1.42. The van der Waals surface area contributed by atoms with Crippen LogP contribution in [0.25, 0.3) is 0 Å². The highest BCUT2D eigenvalue weighted by atomic mass is 16.1. The molecule has 1 aromatic carbocycles. The molecular formula is C9H11N2O. The van der Waals surface area contributed by atoms with E-state index < -0.39 is 0 Å². The molecule has 3 heteroatoms. The Morgan fingerprint density at radius 1 is 1.42 bits per heavy atom. The van der Waals surface area contributed by atoms with E-state index in [1.54, 1.807) is 12.1 Å². The van der Waals surface area contributed by atoms with E-state index in [4.69, 9.17) is 5.73 Å². The molecule has 0 aliphatic carbocycles. The number of carbonyl (C=O) groups excluding carboxylic acids is 1. The average Bonchev–Trinajstić information content (AvgIpc) is 2.09. The Labute approximate surface area is 71.6 Å². The minimum absolute atomic E-state index is 0.00608. The Morgan fingerprint density at radius 2 is 2.00 bits per heavy atom. The van der Waals surface area contributed by atoms with Crippen LogP contribution in [-0.4, -0.2) is 12.5 Å². The summed E-state index contributed by atoms with van der Waals surface area (Å²) in [4.78, 5) is 10.8. The first kappa shape index (κ1) is 8.74. The van der Waals surface area contributed by atoms with Crippen molar-refractivity contribution in [2.75, 3.05) is 11.9 Å². The highest BCUT2D eigenvalue weighted by molar-refractivity contribution is 5.92. The molecule has 1 aromatic rings. The van der Waals surface area contributed by atoms with Crippen LogP contribution in [0.1, 0.15) is 5.56 Å². The summed E-state index contributed by atoms with van der Waals surface area (Å²) in [7, 11) is 0. The van der Waals surface area contributed by atoms with E-state index in [0.29, 0.717) is 0 Å². The summed E-state index contributed by atoms with van der Waals surface area (Å²) in [6.45, 7) is 3.73. The molecule has 3 nitrogen and oxygen atoms in total. The molecule has 0 heterocycles. The van der Waals surface area contributed by atoms with Gasteiger partial charge in [0.05, 0.1) is 6.54 Å². The SMILES string of the molecule is [CH2]c1ccc(NC(=O)CN)cc1. The first-order valence-corrected chi connectivity index (χ1v) is 3.64. The van der Waals surface area contributed by atoms with E-state index in [1.165, 1.54) is 0 Å². The minimum Gasteiger partial charge on any atom is -0.325 e. The maximum atomic E-state index is 10.8. The summed E-state index contributed by atoms with van der Waals surface area (Å²) in [6.07, 6.45) is 0. The molecule has 1 rings (SSSR count). The first-order chi connectivity index (χ1) is 5.72. The van der Waals surface area contributed by atoms with Crippen LogP contribution in [0, 0.1) is 6.92 Å². The van der Waals surface area contributed by atoms with E-state index >= 15 is 0 Å². The molecule has 0 aromatic heterocycles. The lowest BCUT2D eigenvalue weighted by Gasteiger charge is -2.02. The summed E-state index contributed by atoms with van der Waals surface area (Å²) >= 11 is 0. The van der Waals surface area contributed by atoms with Crippen LogP contribution >= 0.6 is 0 Å². The van der Waals surface area contributed by atoms with Gasteiger partial charge in [0, 0.05) is 5.69 Å². The topological polar surface area (TPSA) is 55.1 Å². The molecule has 63 valence electrons. The third kappa shape index (κ3) is 2.36. The van der Waals surface area contributed by atoms with Crippen molar-refractivity contribution in [1.82, 2.24) is 0 Å². The standard InChI is InChI=1S/C9H11N2O/c1-7-2-4-8(5-3-7)11-9(12)6-10/h2-5H,1,6,10H2,(H,11,12). The quantitative estimate of drug-likeness (QED) is 0.676. The molecule has 0 aliphatic heterocycles. The van der Waals surface area contributed by atoms with Crippen LogP contribution in [0.4, 0.5) is 5.69 Å². The number of nitrogens with two attached hydrogens (primary N) is 1. The van der Waals surface area contributed by atoms with Crippen LogP contribution < -0.4 is 11.1 Å². The summed E-state index contributed by atoms with van der Waals surface area (Å²) in [5.74, 6) is -0.188. The number of nitrogens with one attached hydrogen (secondary N) is 1. The van der Waals surface area contributed by atoms with Gasteiger partial charge < -0.3 is 11.1 Å². The van der Waals surface area contributed by atoms with Gasteiger partial charge in [0.15, 0.2) is 0 Å². The summed E-state index contributed by atoms with van der Waals surface area (Å²) in [5.41, 5.74) is 6.79. The third-order valence-electron chi connectivity index (χ3n) is 1.42. The zero-order valence-corrected chi connectivity index (χ0v) is 6.71. The molecule has 0 saturated carbocycles. The van der Waals surface area contributed by atoms with E-state index in [0.717, 1.165) is 11.3 Å². The highest BCUT2D eigenvalue weighted by Crippen LogP contribution is 2.07. The molecule has 3 N–H and O–H groups in total. The van der Waals surface area contributed by atoms with Gasteiger partial charge in [-0.15, -0.1) is 0 Å². The van der Waals surface area contributed by atoms with Gasteiger partial charge in [-0.05, 0) is 24.6 Å². The Morgan fingerprint density at radius 3 is 2.50 bits per heavy atom. The Bertz CT molecular complexity index is 266. The van der Waals surface area contributed by atoms with Gasteiger partial charge >= 0.3 is 0 Å². The molecule has 12 heavy (non-hydrogen) atoms. The fourth-order valence-electron chi connectivity index (χ4n) is 0.800. The van der Waals surface area contributed by atoms with Crippen molar-refractivity contribution in [2.45, 2.75) is 0 Å². The lowest BCUT2D eigenvalue weighted by atomic mass is 10.2. The molecule has 0 bridgehead atoms. The number of rotatable bonds is 2. The molecule has 1 amide bonds. The number of carbonyl (C=O) groups is 1. The second kappa shape index (κ2) is 3.88. The largest absolute Gasteiger partial charge is 0.325 e. The van der Waals surface area contributed by atoms with E-state index in [2.05, 4.69) is 12.2 Å². The van der Waals surface area contributed by atoms with Gasteiger partial charge in [-0.2, -0.15) is 0 Å². The van der Waals surface area contributed by atoms with E-state index in [-0.39, 0.29) is 12.5 Å². The monoisotopic (exact) mass is 163 g/mol. The zero-order valence-electron chi connectivity index (χ0n) is 6.71. The first-order valence-electron chi connectivity index (χ1n) is 3.64. The van der Waals surface area contributed by atoms with Gasteiger partial charge in [0.2, 0.25) is 5.91 Å². The van der Waals surface area contributed by atoms with Crippen LogP contribution in [0.2, 0.25) is 0 Å². The molecule has 0 spiro atoms. The van der Waals surface area contributed by atoms with Crippen LogP contribution in [0.15, 0.2) is 24.3 Å². The van der Waals surface area contributed by atoms with Gasteiger partial charge in [-0.1, -0.05) is 12.1 Å². The van der Waals surface area contributed by atoms with Crippen molar-refractivity contribution < 1.29 is 4.79 Å². The number of benzene rings is 1. The van der Waals surface area contributed by atoms with E-state index in [1.807, 2.05) is 12.1 Å². The fraction of sp³-hybridized carbons (Fsp3) is 0.111. The lowest BCUT2D eigenvalue weighted by molar-refractivity contribution is -0.114. The van der Waals surface area contributed by atoms with Crippen LogP contribution in [-0.2, 0) is 4.79 Å². The molecule has 0 aliphatic rings. The second-order valence-electron chi connectivity index (χ2n) is 2.45. The number of amides is 1. The van der Waals surface area contributed by atoms with Crippen LogP contribution in [0.5, 0.6) is 0 Å². The maximum absolute atomic E-state index is 10.8. The van der Waals surface area contributed by atoms with Crippen LogP contribution in [0.3, 0.4) is 0 Å². The molecule has 0 unspecified atom stereocenters. The molecule has 0 atom stereocenters.